The second-order valence-electron chi connectivity index (χ2n) is 3.24. The molecular formula is C11H12O4. The van der Waals surface area contributed by atoms with Crippen LogP contribution in [0.5, 0.6) is 5.75 Å². The molecule has 4 nitrogen and oxygen atoms in total. The summed E-state index contributed by atoms with van der Waals surface area (Å²) in [4.78, 5) is 11.2. The number of hydrogen-bond donors (Lipinski definition) is 0. The highest BCUT2D eigenvalue weighted by Gasteiger charge is 2.48. The maximum Gasteiger partial charge on any atom is 0.338 e. The molecule has 1 aromatic carbocycles. The van der Waals surface area contributed by atoms with Crippen LogP contribution in [0.15, 0.2) is 24.3 Å². The summed E-state index contributed by atoms with van der Waals surface area (Å²) in [6.45, 7) is 0. The van der Waals surface area contributed by atoms with E-state index in [0.717, 1.165) is 11.3 Å². The van der Waals surface area contributed by atoms with Crippen molar-refractivity contribution >= 4 is 5.97 Å². The first-order valence-corrected chi connectivity index (χ1v) is 4.64. The maximum atomic E-state index is 11.2. The number of esters is 1. The summed E-state index contributed by atoms with van der Waals surface area (Å²) in [6.07, 6.45) is -0.708. The van der Waals surface area contributed by atoms with Gasteiger partial charge in [0, 0.05) is 5.56 Å². The van der Waals surface area contributed by atoms with Crippen LogP contribution >= 0.6 is 0 Å². The van der Waals surface area contributed by atoms with Gasteiger partial charge in [-0.25, -0.2) is 4.79 Å². The van der Waals surface area contributed by atoms with Gasteiger partial charge in [0.25, 0.3) is 0 Å². The zero-order chi connectivity index (χ0) is 10.8. The second-order valence-corrected chi connectivity index (χ2v) is 3.24. The minimum atomic E-state index is -0.480. The van der Waals surface area contributed by atoms with E-state index in [0.29, 0.717) is 0 Å². The van der Waals surface area contributed by atoms with Crippen molar-refractivity contribution in [2.75, 3.05) is 14.2 Å². The van der Waals surface area contributed by atoms with Crippen LogP contribution in [0.25, 0.3) is 0 Å². The molecule has 0 aliphatic carbocycles. The topological polar surface area (TPSA) is 48.1 Å². The van der Waals surface area contributed by atoms with Crippen molar-refractivity contribution in [1.82, 2.24) is 0 Å². The van der Waals surface area contributed by atoms with Crippen LogP contribution < -0.4 is 4.74 Å². The lowest BCUT2D eigenvalue weighted by atomic mass is 10.1. The third-order valence-electron chi connectivity index (χ3n) is 2.37. The van der Waals surface area contributed by atoms with Crippen LogP contribution in [0.4, 0.5) is 0 Å². The summed E-state index contributed by atoms with van der Waals surface area (Å²) in [5, 5.41) is 0. The number of rotatable bonds is 3. The Balaban J connectivity index is 2.16. The van der Waals surface area contributed by atoms with Crippen LogP contribution in [0, 0.1) is 0 Å². The molecule has 0 amide bonds. The van der Waals surface area contributed by atoms with E-state index in [-0.39, 0.29) is 12.1 Å². The molecule has 4 heteroatoms. The number of methoxy groups -OCH3 is 2. The van der Waals surface area contributed by atoms with Gasteiger partial charge in [0.15, 0.2) is 6.10 Å². The van der Waals surface area contributed by atoms with E-state index in [1.807, 2.05) is 24.3 Å². The average molecular weight is 208 g/mol. The summed E-state index contributed by atoms with van der Waals surface area (Å²) in [6, 6.07) is 7.48. The fourth-order valence-electron chi connectivity index (χ4n) is 1.55. The minimum absolute atomic E-state index is 0.228. The number of hydrogen-bond acceptors (Lipinski definition) is 4. The van der Waals surface area contributed by atoms with Crippen LogP contribution in [-0.2, 0) is 14.3 Å². The van der Waals surface area contributed by atoms with Crippen molar-refractivity contribution in [1.29, 1.82) is 0 Å². The van der Waals surface area contributed by atoms with Crippen molar-refractivity contribution in [2.45, 2.75) is 12.2 Å². The van der Waals surface area contributed by atoms with Crippen molar-refractivity contribution < 1.29 is 19.0 Å². The van der Waals surface area contributed by atoms with Gasteiger partial charge in [-0.05, 0) is 6.07 Å². The molecule has 15 heavy (non-hydrogen) atoms. The fraction of sp³-hybridized carbons (Fsp3) is 0.364. The molecule has 0 bridgehead atoms. The first kappa shape index (κ1) is 9.98. The summed E-state index contributed by atoms with van der Waals surface area (Å²) in [5.74, 6) is 0.389. The molecule has 1 saturated heterocycles. The van der Waals surface area contributed by atoms with Crippen molar-refractivity contribution in [3.8, 4) is 5.75 Å². The predicted molar refractivity (Wildman–Crippen MR) is 52.6 cm³/mol. The van der Waals surface area contributed by atoms with Crippen LogP contribution in [0.2, 0.25) is 0 Å². The summed E-state index contributed by atoms with van der Waals surface area (Å²) in [5.41, 5.74) is 0.885. The second kappa shape index (κ2) is 3.90. The number of carbonyl (C=O) groups excluding carboxylic acids is 1. The molecule has 0 radical (unpaired) electrons. The van der Waals surface area contributed by atoms with Gasteiger partial charge >= 0.3 is 5.97 Å². The Morgan fingerprint density at radius 1 is 1.33 bits per heavy atom. The number of para-hydroxylation sites is 1. The molecule has 0 N–H and O–H groups in total. The van der Waals surface area contributed by atoms with E-state index < -0.39 is 6.10 Å². The molecule has 1 aliphatic rings. The lowest BCUT2D eigenvalue weighted by Crippen LogP contribution is -2.09. The highest BCUT2D eigenvalue weighted by atomic mass is 16.6. The van der Waals surface area contributed by atoms with E-state index in [9.17, 15) is 4.79 Å². The molecule has 80 valence electrons. The number of carbonyl (C=O) groups is 1. The Morgan fingerprint density at radius 2 is 2.07 bits per heavy atom. The lowest BCUT2D eigenvalue weighted by molar-refractivity contribution is -0.142. The largest absolute Gasteiger partial charge is 0.496 e. The summed E-state index contributed by atoms with van der Waals surface area (Å²) in [7, 11) is 2.94. The van der Waals surface area contributed by atoms with Gasteiger partial charge in [-0.1, -0.05) is 18.2 Å². The van der Waals surface area contributed by atoms with Gasteiger partial charge in [0.1, 0.15) is 11.9 Å². The van der Waals surface area contributed by atoms with Gasteiger partial charge in [-0.15, -0.1) is 0 Å². The minimum Gasteiger partial charge on any atom is -0.496 e. The molecule has 0 spiro atoms. The Kier molecular flexibility index (Phi) is 2.60. The molecule has 2 atom stereocenters. The molecule has 0 aromatic heterocycles. The molecule has 1 heterocycles. The normalized spacial score (nSPS) is 23.3. The first-order chi connectivity index (χ1) is 7.27. The zero-order valence-corrected chi connectivity index (χ0v) is 8.60. The molecule has 1 aromatic rings. The zero-order valence-electron chi connectivity index (χ0n) is 8.60. The monoisotopic (exact) mass is 208 g/mol. The quantitative estimate of drug-likeness (QED) is 0.555. The molecular weight excluding hydrogens is 196 g/mol. The first-order valence-electron chi connectivity index (χ1n) is 4.64. The molecule has 2 unspecified atom stereocenters. The number of benzene rings is 1. The summed E-state index contributed by atoms with van der Waals surface area (Å²) < 4.78 is 15.0. The van der Waals surface area contributed by atoms with Gasteiger partial charge in [0.05, 0.1) is 14.2 Å². The number of epoxide rings is 1. The van der Waals surface area contributed by atoms with Gasteiger partial charge in [-0.3, -0.25) is 0 Å². The highest BCUT2D eigenvalue weighted by Crippen LogP contribution is 2.43. The van der Waals surface area contributed by atoms with Crippen molar-refractivity contribution in [3.05, 3.63) is 29.8 Å². The molecule has 1 aliphatic heterocycles. The maximum absolute atomic E-state index is 11.2. The van der Waals surface area contributed by atoms with Gasteiger partial charge in [-0.2, -0.15) is 0 Å². The SMILES string of the molecule is COC(=O)C1OC1c1ccccc1OC. The van der Waals surface area contributed by atoms with E-state index in [1.165, 1.54) is 7.11 Å². The molecule has 1 fully saturated rings. The predicted octanol–water partition coefficient (Wildman–Crippen LogP) is 1.31. The van der Waals surface area contributed by atoms with Crippen LogP contribution in [-0.4, -0.2) is 26.3 Å². The van der Waals surface area contributed by atoms with E-state index in [4.69, 9.17) is 9.47 Å². The third-order valence-corrected chi connectivity index (χ3v) is 2.37. The van der Waals surface area contributed by atoms with Crippen LogP contribution in [0.1, 0.15) is 11.7 Å². The molecule has 2 rings (SSSR count). The Labute approximate surface area is 87.8 Å². The lowest BCUT2D eigenvalue weighted by Gasteiger charge is -2.04. The fourth-order valence-corrected chi connectivity index (χ4v) is 1.55. The molecule has 0 saturated carbocycles. The van der Waals surface area contributed by atoms with Gasteiger partial charge < -0.3 is 14.2 Å². The Morgan fingerprint density at radius 3 is 2.73 bits per heavy atom. The van der Waals surface area contributed by atoms with Crippen LogP contribution in [0.3, 0.4) is 0 Å². The van der Waals surface area contributed by atoms with Crippen molar-refractivity contribution in [3.63, 3.8) is 0 Å². The van der Waals surface area contributed by atoms with E-state index in [1.54, 1.807) is 7.11 Å². The average Bonchev–Trinajstić information content (AvgIpc) is 3.08. The third kappa shape index (κ3) is 1.80. The smallest absolute Gasteiger partial charge is 0.338 e. The van der Waals surface area contributed by atoms with Gasteiger partial charge in [0.2, 0.25) is 0 Å². The Bertz CT molecular complexity index is 375. The summed E-state index contributed by atoms with van der Waals surface area (Å²) >= 11 is 0. The number of ether oxygens (including phenoxy) is 3. The van der Waals surface area contributed by atoms with E-state index in [2.05, 4.69) is 4.74 Å². The van der Waals surface area contributed by atoms with E-state index >= 15 is 0 Å². The standard InChI is InChI=1S/C11H12O4/c1-13-8-6-4-3-5-7(8)9-10(15-9)11(12)14-2/h3-6,9-10H,1-2H3. The van der Waals surface area contributed by atoms with Crippen molar-refractivity contribution in [2.24, 2.45) is 0 Å². The Hall–Kier alpha value is -1.55. The highest BCUT2D eigenvalue weighted by molar-refractivity contribution is 5.78.